The molecule has 31 heavy (non-hydrogen) atoms. The molecule has 0 radical (unpaired) electrons. The minimum Gasteiger partial charge on any atom is -0.496 e. The van der Waals surface area contributed by atoms with Gasteiger partial charge in [-0.05, 0) is 82.7 Å². The summed E-state index contributed by atoms with van der Waals surface area (Å²) < 4.78 is 23.1. The molecule has 1 heterocycles. The number of halogens is 2. The van der Waals surface area contributed by atoms with Crippen LogP contribution in [0, 0.1) is 10.6 Å². The number of hydrogen-bond acceptors (Lipinski definition) is 5. The molecule has 0 fully saturated rings. The molecule has 0 aliphatic rings. The summed E-state index contributed by atoms with van der Waals surface area (Å²) in [7, 11) is 7.59. The third-order valence-corrected chi connectivity index (χ3v) is 5.78. The van der Waals surface area contributed by atoms with Gasteiger partial charge in [-0.15, -0.1) is 0 Å². The fraction of sp³-hybridized carbons (Fsp3) is 0.364. The van der Waals surface area contributed by atoms with E-state index in [9.17, 15) is 4.39 Å². The summed E-state index contributed by atoms with van der Waals surface area (Å²) in [6.45, 7) is 3.13. The van der Waals surface area contributed by atoms with Crippen LogP contribution in [0.4, 0.5) is 4.39 Å². The van der Waals surface area contributed by atoms with Crippen molar-refractivity contribution >= 4 is 23.8 Å². The molecule has 9 heteroatoms. The van der Waals surface area contributed by atoms with Crippen molar-refractivity contribution < 1.29 is 9.13 Å². The van der Waals surface area contributed by atoms with Gasteiger partial charge >= 0.3 is 0 Å². The first-order chi connectivity index (χ1) is 14.7. The van der Waals surface area contributed by atoms with Crippen LogP contribution in [0.1, 0.15) is 24.4 Å². The first-order valence-corrected chi connectivity index (χ1v) is 10.6. The molecule has 2 aromatic carbocycles. The van der Waals surface area contributed by atoms with E-state index in [1.165, 1.54) is 12.1 Å². The van der Waals surface area contributed by atoms with Gasteiger partial charge < -0.3 is 4.74 Å². The third kappa shape index (κ3) is 5.33. The first kappa shape index (κ1) is 23.4. The second-order valence-corrected chi connectivity index (χ2v) is 8.51. The van der Waals surface area contributed by atoms with E-state index in [2.05, 4.69) is 16.7 Å². The average Bonchev–Trinajstić information content (AvgIpc) is 3.04. The lowest BCUT2D eigenvalue weighted by Crippen LogP contribution is -2.23. The second-order valence-electron chi connectivity index (χ2n) is 7.70. The quantitative estimate of drug-likeness (QED) is 0.443. The van der Waals surface area contributed by atoms with Crippen LogP contribution >= 0.6 is 23.8 Å². The molecular weight excluding hydrogens is 437 g/mol. The van der Waals surface area contributed by atoms with Crippen molar-refractivity contribution in [2.45, 2.75) is 26.2 Å². The largest absolute Gasteiger partial charge is 0.496 e. The molecule has 3 rings (SSSR count). The van der Waals surface area contributed by atoms with Crippen molar-refractivity contribution in [2.24, 2.45) is 0 Å². The highest BCUT2D eigenvalue weighted by Crippen LogP contribution is 2.25. The number of methoxy groups -OCH3 is 1. The van der Waals surface area contributed by atoms with Gasteiger partial charge in [0.05, 0.1) is 19.8 Å². The molecule has 6 nitrogen and oxygen atoms in total. The Kier molecular flexibility index (Phi) is 7.48. The van der Waals surface area contributed by atoms with E-state index < -0.39 is 0 Å². The van der Waals surface area contributed by atoms with E-state index in [4.69, 9.17) is 33.7 Å². The minimum atomic E-state index is -0.292. The number of hydrogen-bond donors (Lipinski definition) is 0. The Balaban J connectivity index is 1.94. The van der Waals surface area contributed by atoms with Crippen LogP contribution in [0.3, 0.4) is 0 Å². The highest BCUT2D eigenvalue weighted by Gasteiger charge is 2.20. The van der Waals surface area contributed by atoms with Crippen LogP contribution in [-0.4, -0.2) is 52.4 Å². The summed E-state index contributed by atoms with van der Waals surface area (Å²) >= 11 is 11.9. The Morgan fingerprint density at radius 2 is 1.84 bits per heavy atom. The standard InChI is InChI=1S/C22H27ClFN5OS/c1-15(26(2)3)21-25-28(22(31)29(21)19-9-7-18(24)8-10-19)14-27(4)13-16-12-17(23)6-11-20(16)30-5/h6-12,15H,13-14H2,1-5H3. The van der Waals surface area contributed by atoms with Gasteiger partial charge in [-0.25, -0.2) is 9.07 Å². The maximum absolute atomic E-state index is 13.5. The van der Waals surface area contributed by atoms with Crippen LogP contribution in [0.5, 0.6) is 5.75 Å². The predicted octanol–water partition coefficient (Wildman–Crippen LogP) is 4.92. The second kappa shape index (κ2) is 9.91. The zero-order valence-electron chi connectivity index (χ0n) is 18.3. The number of aromatic nitrogens is 3. The van der Waals surface area contributed by atoms with Crippen LogP contribution < -0.4 is 4.74 Å². The van der Waals surface area contributed by atoms with Gasteiger partial charge in [0.1, 0.15) is 11.6 Å². The Hall–Kier alpha value is -2.26. The Morgan fingerprint density at radius 3 is 2.45 bits per heavy atom. The summed E-state index contributed by atoms with van der Waals surface area (Å²) in [5.74, 6) is 1.27. The number of nitrogens with zero attached hydrogens (tertiary/aromatic N) is 5. The summed E-state index contributed by atoms with van der Waals surface area (Å²) in [5.41, 5.74) is 1.75. The van der Waals surface area contributed by atoms with E-state index in [0.717, 1.165) is 22.8 Å². The van der Waals surface area contributed by atoms with Gasteiger partial charge in [0.15, 0.2) is 5.82 Å². The molecule has 3 aromatic rings. The predicted molar refractivity (Wildman–Crippen MR) is 124 cm³/mol. The highest BCUT2D eigenvalue weighted by atomic mass is 35.5. The van der Waals surface area contributed by atoms with E-state index in [-0.39, 0.29) is 11.9 Å². The maximum atomic E-state index is 13.5. The van der Waals surface area contributed by atoms with E-state index in [1.807, 2.05) is 37.8 Å². The Morgan fingerprint density at radius 1 is 1.16 bits per heavy atom. The molecule has 0 saturated carbocycles. The molecule has 1 atom stereocenters. The molecule has 0 aliphatic carbocycles. The molecule has 0 spiro atoms. The van der Waals surface area contributed by atoms with Gasteiger partial charge in [-0.1, -0.05) is 11.6 Å². The fourth-order valence-electron chi connectivity index (χ4n) is 3.29. The van der Waals surface area contributed by atoms with Crippen LogP contribution in [-0.2, 0) is 13.2 Å². The maximum Gasteiger partial charge on any atom is 0.203 e. The molecule has 0 bridgehead atoms. The Labute approximate surface area is 192 Å². The zero-order valence-corrected chi connectivity index (χ0v) is 19.9. The molecule has 0 amide bonds. The molecule has 166 valence electrons. The van der Waals surface area contributed by atoms with Crippen molar-refractivity contribution in [3.8, 4) is 11.4 Å². The van der Waals surface area contributed by atoms with E-state index >= 15 is 0 Å². The molecule has 1 unspecified atom stereocenters. The number of ether oxygens (including phenoxy) is 1. The van der Waals surface area contributed by atoms with E-state index in [0.29, 0.717) is 23.0 Å². The van der Waals surface area contributed by atoms with Crippen LogP contribution in [0.25, 0.3) is 5.69 Å². The lowest BCUT2D eigenvalue weighted by molar-refractivity contribution is 0.238. The summed E-state index contributed by atoms with van der Waals surface area (Å²) in [6, 6.07) is 11.8. The normalized spacial score (nSPS) is 12.5. The molecule has 0 saturated heterocycles. The van der Waals surface area contributed by atoms with Gasteiger partial charge in [0.2, 0.25) is 4.77 Å². The highest BCUT2D eigenvalue weighted by molar-refractivity contribution is 7.71. The topological polar surface area (TPSA) is 38.5 Å². The molecule has 0 aliphatic heterocycles. The van der Waals surface area contributed by atoms with Gasteiger partial charge in [0.25, 0.3) is 0 Å². The van der Waals surface area contributed by atoms with Gasteiger partial charge in [-0.2, -0.15) is 5.10 Å². The monoisotopic (exact) mass is 463 g/mol. The van der Waals surface area contributed by atoms with Crippen LogP contribution in [0.2, 0.25) is 5.02 Å². The summed E-state index contributed by atoms with van der Waals surface area (Å²) in [4.78, 5) is 4.14. The van der Waals surface area contributed by atoms with Crippen molar-refractivity contribution in [2.75, 3.05) is 28.3 Å². The van der Waals surface area contributed by atoms with Crippen LogP contribution in [0.15, 0.2) is 42.5 Å². The smallest absolute Gasteiger partial charge is 0.203 e. The average molecular weight is 464 g/mol. The fourth-order valence-corrected chi connectivity index (χ4v) is 3.78. The zero-order chi connectivity index (χ0) is 22.7. The van der Waals surface area contributed by atoms with Crippen molar-refractivity contribution in [3.05, 3.63) is 69.5 Å². The number of rotatable bonds is 8. The molecular formula is C22H27ClFN5OS. The van der Waals surface area contributed by atoms with E-state index in [1.54, 1.807) is 30.0 Å². The summed E-state index contributed by atoms with van der Waals surface area (Å²) in [5, 5.41) is 5.47. The van der Waals surface area contributed by atoms with Crippen molar-refractivity contribution in [1.29, 1.82) is 0 Å². The van der Waals surface area contributed by atoms with Gasteiger partial charge in [-0.3, -0.25) is 14.4 Å². The number of benzene rings is 2. The first-order valence-electron chi connectivity index (χ1n) is 9.84. The lowest BCUT2D eigenvalue weighted by atomic mass is 10.2. The molecule has 0 N–H and O–H groups in total. The SMILES string of the molecule is COc1ccc(Cl)cc1CN(C)Cn1nc(C(C)N(C)C)n(-c2ccc(F)cc2)c1=S. The summed E-state index contributed by atoms with van der Waals surface area (Å²) in [6.07, 6.45) is 0. The Bertz CT molecular complexity index is 1100. The lowest BCUT2D eigenvalue weighted by Gasteiger charge is -2.19. The van der Waals surface area contributed by atoms with Crippen molar-refractivity contribution in [3.63, 3.8) is 0 Å². The minimum absolute atomic E-state index is 0.00586. The third-order valence-electron chi connectivity index (χ3n) is 5.16. The van der Waals surface area contributed by atoms with Gasteiger partial charge in [0, 0.05) is 22.8 Å². The van der Waals surface area contributed by atoms with Crippen molar-refractivity contribution in [1.82, 2.24) is 24.1 Å². The molecule has 1 aromatic heterocycles.